The molecule has 2 aromatic rings. The first kappa shape index (κ1) is 12.3. The Morgan fingerprint density at radius 3 is 2.78 bits per heavy atom. The predicted molar refractivity (Wildman–Crippen MR) is 63.1 cm³/mol. The van der Waals surface area contributed by atoms with Crippen molar-refractivity contribution in [1.29, 1.82) is 0 Å². The summed E-state index contributed by atoms with van der Waals surface area (Å²) in [7, 11) is 0. The van der Waals surface area contributed by atoms with Crippen LogP contribution in [0.5, 0.6) is 0 Å². The van der Waals surface area contributed by atoms with Gasteiger partial charge in [-0.25, -0.2) is 4.79 Å². The topological polar surface area (TPSA) is 72.6 Å². The number of rotatable bonds is 5. The van der Waals surface area contributed by atoms with Gasteiger partial charge < -0.3 is 14.4 Å². The van der Waals surface area contributed by atoms with Crippen LogP contribution in [0.1, 0.15) is 34.8 Å². The normalized spacial score (nSPS) is 12.3. The van der Waals surface area contributed by atoms with Crippen molar-refractivity contribution in [2.45, 2.75) is 19.6 Å². The largest absolute Gasteiger partial charge is 0.476 e. The maximum atomic E-state index is 10.6. The lowest BCUT2D eigenvalue weighted by molar-refractivity contribution is 0.0389. The minimum atomic E-state index is -1.11. The van der Waals surface area contributed by atoms with Gasteiger partial charge in [0, 0.05) is 6.07 Å². The standard InChI is InChI=1S/C13H13NO4/c1-9(10-5-3-2-4-6-10)17-8-11-7-12(13(15)16)14-18-11/h2-7,9H,8H2,1H3,(H,15,16). The molecule has 5 heteroatoms. The van der Waals surface area contributed by atoms with Gasteiger partial charge in [-0.3, -0.25) is 0 Å². The van der Waals surface area contributed by atoms with Crippen molar-refractivity contribution in [3.63, 3.8) is 0 Å². The van der Waals surface area contributed by atoms with E-state index < -0.39 is 5.97 Å². The average Bonchev–Trinajstić information content (AvgIpc) is 2.86. The molecule has 1 aromatic heterocycles. The number of aromatic carboxylic acids is 1. The van der Waals surface area contributed by atoms with Crippen LogP contribution >= 0.6 is 0 Å². The monoisotopic (exact) mass is 247 g/mol. The van der Waals surface area contributed by atoms with Gasteiger partial charge in [0.2, 0.25) is 0 Å². The third-order valence-corrected chi connectivity index (χ3v) is 2.52. The number of ether oxygens (including phenoxy) is 1. The fraction of sp³-hybridized carbons (Fsp3) is 0.231. The number of benzene rings is 1. The van der Waals surface area contributed by atoms with Crippen molar-refractivity contribution in [2.75, 3.05) is 0 Å². The van der Waals surface area contributed by atoms with Crippen LogP contribution in [-0.2, 0) is 11.3 Å². The zero-order valence-corrected chi connectivity index (χ0v) is 9.87. The molecule has 0 saturated carbocycles. The highest BCUT2D eigenvalue weighted by Gasteiger charge is 2.12. The van der Waals surface area contributed by atoms with Crippen LogP contribution in [0.15, 0.2) is 40.9 Å². The highest BCUT2D eigenvalue weighted by Crippen LogP contribution is 2.18. The fourth-order valence-electron chi connectivity index (χ4n) is 1.51. The number of nitrogens with zero attached hydrogens (tertiary/aromatic N) is 1. The van der Waals surface area contributed by atoms with Gasteiger partial charge in [0.25, 0.3) is 0 Å². The van der Waals surface area contributed by atoms with Crippen LogP contribution < -0.4 is 0 Å². The van der Waals surface area contributed by atoms with Crippen LogP contribution in [0, 0.1) is 0 Å². The molecule has 1 atom stereocenters. The molecule has 2 rings (SSSR count). The summed E-state index contributed by atoms with van der Waals surface area (Å²) in [6.45, 7) is 2.11. The highest BCUT2D eigenvalue weighted by molar-refractivity contribution is 5.85. The van der Waals surface area contributed by atoms with E-state index in [2.05, 4.69) is 5.16 Å². The molecular formula is C13H13NO4. The lowest BCUT2D eigenvalue weighted by Gasteiger charge is -2.11. The predicted octanol–water partition coefficient (Wildman–Crippen LogP) is 2.65. The van der Waals surface area contributed by atoms with Crippen molar-refractivity contribution in [3.05, 3.63) is 53.4 Å². The third-order valence-electron chi connectivity index (χ3n) is 2.52. The Hall–Kier alpha value is -2.14. The van der Waals surface area contributed by atoms with Gasteiger partial charge in [0.05, 0.1) is 6.10 Å². The van der Waals surface area contributed by atoms with Gasteiger partial charge in [0.1, 0.15) is 6.61 Å². The molecular weight excluding hydrogens is 234 g/mol. The summed E-state index contributed by atoms with van der Waals surface area (Å²) in [5.41, 5.74) is 0.941. The van der Waals surface area contributed by atoms with Crippen LogP contribution in [0.2, 0.25) is 0 Å². The average molecular weight is 247 g/mol. The van der Waals surface area contributed by atoms with Crippen molar-refractivity contribution in [2.24, 2.45) is 0 Å². The van der Waals surface area contributed by atoms with E-state index in [4.69, 9.17) is 14.4 Å². The second-order valence-corrected chi connectivity index (χ2v) is 3.85. The minimum absolute atomic E-state index is 0.0930. The molecule has 5 nitrogen and oxygen atoms in total. The molecule has 0 spiro atoms. The molecule has 1 unspecified atom stereocenters. The molecule has 94 valence electrons. The summed E-state index contributed by atoms with van der Waals surface area (Å²) < 4.78 is 10.4. The quantitative estimate of drug-likeness (QED) is 0.879. The summed E-state index contributed by atoms with van der Waals surface area (Å²) in [6.07, 6.45) is -0.0930. The molecule has 0 aliphatic rings. The molecule has 0 radical (unpaired) electrons. The van der Waals surface area contributed by atoms with Gasteiger partial charge >= 0.3 is 5.97 Å². The van der Waals surface area contributed by atoms with E-state index in [0.717, 1.165) is 5.56 Å². The Labute approximate surface area is 104 Å². The number of hydrogen-bond donors (Lipinski definition) is 1. The van der Waals surface area contributed by atoms with Crippen LogP contribution in [-0.4, -0.2) is 16.2 Å². The number of aromatic nitrogens is 1. The Kier molecular flexibility index (Phi) is 3.74. The molecule has 0 aliphatic carbocycles. The molecule has 0 bridgehead atoms. The molecule has 1 N–H and O–H groups in total. The third kappa shape index (κ3) is 2.95. The SMILES string of the molecule is CC(OCc1cc(C(=O)O)no1)c1ccccc1. The molecule has 1 heterocycles. The van der Waals surface area contributed by atoms with E-state index in [-0.39, 0.29) is 18.4 Å². The van der Waals surface area contributed by atoms with Gasteiger partial charge in [-0.2, -0.15) is 0 Å². The zero-order chi connectivity index (χ0) is 13.0. The summed E-state index contributed by atoms with van der Waals surface area (Å²) in [5, 5.41) is 12.1. The maximum Gasteiger partial charge on any atom is 0.358 e. The molecule has 0 fully saturated rings. The number of carboxylic acids is 1. The molecule has 0 aliphatic heterocycles. The van der Waals surface area contributed by atoms with Crippen molar-refractivity contribution >= 4 is 5.97 Å². The summed E-state index contributed by atoms with van der Waals surface area (Å²) in [6, 6.07) is 11.1. The van der Waals surface area contributed by atoms with Gasteiger partial charge in [-0.15, -0.1) is 0 Å². The number of carbonyl (C=O) groups is 1. The van der Waals surface area contributed by atoms with E-state index in [1.165, 1.54) is 6.07 Å². The lowest BCUT2D eigenvalue weighted by atomic mass is 10.1. The number of carboxylic acid groups (broad SMARTS) is 1. The summed E-state index contributed by atoms with van der Waals surface area (Å²) in [4.78, 5) is 10.6. The van der Waals surface area contributed by atoms with E-state index in [1.807, 2.05) is 37.3 Å². The van der Waals surface area contributed by atoms with Crippen molar-refractivity contribution in [3.8, 4) is 0 Å². The fourth-order valence-corrected chi connectivity index (χ4v) is 1.51. The molecule has 0 amide bonds. The lowest BCUT2D eigenvalue weighted by Crippen LogP contribution is -1.99. The second kappa shape index (κ2) is 5.46. The molecule has 1 aromatic carbocycles. The molecule has 18 heavy (non-hydrogen) atoms. The Bertz CT molecular complexity index is 521. The van der Waals surface area contributed by atoms with Gasteiger partial charge in [-0.1, -0.05) is 35.5 Å². The Morgan fingerprint density at radius 2 is 2.17 bits per heavy atom. The van der Waals surface area contributed by atoms with Crippen molar-refractivity contribution < 1.29 is 19.2 Å². The molecule has 0 saturated heterocycles. The van der Waals surface area contributed by atoms with Crippen LogP contribution in [0.25, 0.3) is 0 Å². The van der Waals surface area contributed by atoms with Gasteiger partial charge in [-0.05, 0) is 12.5 Å². The van der Waals surface area contributed by atoms with Crippen LogP contribution in [0.3, 0.4) is 0 Å². The Morgan fingerprint density at radius 1 is 1.44 bits per heavy atom. The van der Waals surface area contributed by atoms with E-state index >= 15 is 0 Å². The number of hydrogen-bond acceptors (Lipinski definition) is 4. The van der Waals surface area contributed by atoms with E-state index in [0.29, 0.717) is 5.76 Å². The van der Waals surface area contributed by atoms with Crippen LogP contribution in [0.4, 0.5) is 0 Å². The summed E-state index contributed by atoms with van der Waals surface area (Å²) >= 11 is 0. The Balaban J connectivity index is 1.93. The first-order valence-electron chi connectivity index (χ1n) is 5.52. The smallest absolute Gasteiger partial charge is 0.358 e. The minimum Gasteiger partial charge on any atom is -0.476 e. The second-order valence-electron chi connectivity index (χ2n) is 3.85. The highest BCUT2D eigenvalue weighted by atomic mass is 16.5. The maximum absolute atomic E-state index is 10.6. The van der Waals surface area contributed by atoms with E-state index in [9.17, 15) is 4.79 Å². The van der Waals surface area contributed by atoms with E-state index in [1.54, 1.807) is 0 Å². The zero-order valence-electron chi connectivity index (χ0n) is 9.87. The first-order chi connectivity index (χ1) is 8.66. The first-order valence-corrected chi connectivity index (χ1v) is 5.52. The van der Waals surface area contributed by atoms with Crippen molar-refractivity contribution in [1.82, 2.24) is 5.16 Å². The van der Waals surface area contributed by atoms with Gasteiger partial charge in [0.15, 0.2) is 11.5 Å². The summed E-state index contributed by atoms with van der Waals surface area (Å²) in [5.74, 6) is -0.712.